The van der Waals surface area contributed by atoms with Crippen LogP contribution in [0.2, 0.25) is 5.02 Å². The summed E-state index contributed by atoms with van der Waals surface area (Å²) in [5.74, 6) is 0.752. The van der Waals surface area contributed by atoms with Crippen molar-refractivity contribution in [3.8, 4) is 11.5 Å². The van der Waals surface area contributed by atoms with Crippen LogP contribution in [0.1, 0.15) is 16.8 Å². The summed E-state index contributed by atoms with van der Waals surface area (Å²) in [5, 5.41) is 0.382. The summed E-state index contributed by atoms with van der Waals surface area (Å²) in [5.41, 5.74) is 0.386. The molecule has 0 N–H and O–H groups in total. The Morgan fingerprint density at radius 3 is 2.39 bits per heavy atom. The Morgan fingerprint density at radius 1 is 1.39 bits per heavy atom. The zero-order valence-corrected chi connectivity index (χ0v) is 14.0. The molecule has 0 bridgehead atoms. The molecule has 0 aliphatic rings. The van der Waals surface area contributed by atoms with E-state index in [0.717, 1.165) is 0 Å². The number of ether oxygens (including phenoxy) is 2. The largest absolute Gasteiger partial charge is 0.495 e. The second-order valence-corrected chi connectivity index (χ2v) is 5.08. The van der Waals surface area contributed by atoms with Crippen LogP contribution in [0.3, 0.4) is 0 Å². The van der Waals surface area contributed by atoms with Crippen molar-refractivity contribution in [3.05, 3.63) is 21.1 Å². The molecular weight excluding hydrogens is 333 g/mol. The average Bonchev–Trinajstić information content (AvgIpc) is 2.28. The van der Waals surface area contributed by atoms with Gasteiger partial charge in [0.2, 0.25) is 0 Å². The first kappa shape index (κ1) is 18.3. The maximum absolute atomic E-state index is 12.1. The Labute approximate surface area is 134 Å². The average molecular weight is 346 g/mol. The predicted molar refractivity (Wildman–Crippen MR) is 81.5 cm³/mol. The Hall–Kier alpha value is 0.287. The van der Waals surface area contributed by atoms with Crippen LogP contribution in [0.15, 0.2) is 10.5 Å². The van der Waals surface area contributed by atoms with Gasteiger partial charge in [0.05, 0.1) is 23.7 Å². The molecule has 3 nitrogen and oxygen atoms in total. The predicted octanol–water partition coefficient (Wildman–Crippen LogP) is 3.19. The summed E-state index contributed by atoms with van der Waals surface area (Å²) in [6, 6.07) is 1.65. The van der Waals surface area contributed by atoms with Crippen LogP contribution in [0.4, 0.5) is 0 Å². The van der Waals surface area contributed by atoms with E-state index in [2.05, 4.69) is 25.2 Å². The minimum Gasteiger partial charge on any atom is -0.495 e. The van der Waals surface area contributed by atoms with Crippen LogP contribution in [0, 0.1) is 0 Å². The van der Waals surface area contributed by atoms with Crippen molar-refractivity contribution >= 4 is 61.4 Å². The van der Waals surface area contributed by atoms with Gasteiger partial charge in [0.15, 0.2) is 11.5 Å². The van der Waals surface area contributed by atoms with E-state index in [9.17, 15) is 4.79 Å². The number of hydrogen-bond acceptors (Lipinski definition) is 3. The summed E-state index contributed by atoms with van der Waals surface area (Å²) in [6.07, 6.45) is 1.07. The first-order valence-corrected chi connectivity index (χ1v) is 6.88. The minimum atomic E-state index is -0.0584. The molecular formula is C11H13BrClLiO3P. The number of Topliss-reactive ketones (excluding diaryl/α,β-unsaturated/α-hetero) is 1. The number of benzene rings is 1. The van der Waals surface area contributed by atoms with Crippen molar-refractivity contribution in [2.24, 2.45) is 0 Å². The van der Waals surface area contributed by atoms with Crippen molar-refractivity contribution < 1.29 is 14.3 Å². The standard InChI is InChI=1S/C11H13BrClO3P.Li/c1-15-10-6(12)5-7(13)11(16-2)9(10)8(14)3-4-17;/h5H,3-4,17H2,1-2H3;. The number of hydrogen-bond donors (Lipinski definition) is 0. The van der Waals surface area contributed by atoms with Gasteiger partial charge in [-0.1, -0.05) is 11.6 Å². The molecule has 18 heavy (non-hydrogen) atoms. The number of methoxy groups -OCH3 is 2. The van der Waals surface area contributed by atoms with Crippen molar-refractivity contribution in [2.75, 3.05) is 20.4 Å². The third kappa shape index (κ3) is 3.89. The molecule has 1 unspecified atom stereocenters. The molecule has 1 atom stereocenters. The van der Waals surface area contributed by atoms with E-state index >= 15 is 0 Å². The number of halogens is 2. The topological polar surface area (TPSA) is 35.5 Å². The minimum absolute atomic E-state index is 0. The van der Waals surface area contributed by atoms with Gasteiger partial charge in [-0.2, -0.15) is 0 Å². The maximum atomic E-state index is 12.1. The molecule has 1 aromatic carbocycles. The normalized spacial score (nSPS) is 9.61. The molecule has 0 saturated carbocycles. The van der Waals surface area contributed by atoms with Crippen molar-refractivity contribution in [3.63, 3.8) is 0 Å². The third-order valence-electron chi connectivity index (χ3n) is 2.20. The molecule has 95 valence electrons. The summed E-state index contributed by atoms with van der Waals surface area (Å²) in [6.45, 7) is 0. The molecule has 0 amide bonds. The Morgan fingerprint density at radius 2 is 1.94 bits per heavy atom. The van der Waals surface area contributed by atoms with Crippen LogP contribution in [0.5, 0.6) is 11.5 Å². The van der Waals surface area contributed by atoms with E-state index in [0.29, 0.717) is 39.1 Å². The second kappa shape index (κ2) is 8.46. The van der Waals surface area contributed by atoms with Gasteiger partial charge >= 0.3 is 0 Å². The smallest absolute Gasteiger partial charge is 0.170 e. The van der Waals surface area contributed by atoms with Crippen LogP contribution >= 0.6 is 36.8 Å². The molecule has 0 spiro atoms. The molecule has 0 fully saturated rings. The van der Waals surface area contributed by atoms with Crippen LogP contribution in [-0.4, -0.2) is 45.0 Å². The van der Waals surface area contributed by atoms with E-state index in [1.807, 2.05) is 0 Å². The number of carbonyl (C=O) groups excluding carboxylic acids is 1. The van der Waals surface area contributed by atoms with E-state index in [-0.39, 0.29) is 24.6 Å². The van der Waals surface area contributed by atoms with Crippen LogP contribution in [-0.2, 0) is 0 Å². The van der Waals surface area contributed by atoms with Crippen LogP contribution in [0.25, 0.3) is 0 Å². The van der Waals surface area contributed by atoms with Gasteiger partial charge in [0.25, 0.3) is 0 Å². The third-order valence-corrected chi connectivity index (χ3v) is 3.36. The fraction of sp³-hybridized carbons (Fsp3) is 0.364. The summed E-state index contributed by atoms with van der Waals surface area (Å²) in [7, 11) is 5.50. The molecule has 0 saturated heterocycles. The first-order valence-electron chi connectivity index (χ1n) is 4.90. The monoisotopic (exact) mass is 345 g/mol. The molecule has 7 heteroatoms. The molecule has 0 heterocycles. The molecule has 0 aliphatic heterocycles. The first-order chi connectivity index (χ1) is 8.06. The van der Waals surface area contributed by atoms with E-state index in [1.54, 1.807) is 6.07 Å². The van der Waals surface area contributed by atoms with E-state index < -0.39 is 0 Å². The van der Waals surface area contributed by atoms with Gasteiger partial charge in [0.1, 0.15) is 11.3 Å². The van der Waals surface area contributed by atoms with Crippen molar-refractivity contribution in [1.29, 1.82) is 0 Å². The molecule has 0 aliphatic carbocycles. The van der Waals surface area contributed by atoms with Crippen molar-refractivity contribution in [2.45, 2.75) is 6.42 Å². The molecule has 0 aromatic heterocycles. The molecule has 1 aromatic rings. The Bertz CT molecular complexity index is 415. The summed E-state index contributed by atoms with van der Waals surface area (Å²) in [4.78, 5) is 12.1. The van der Waals surface area contributed by atoms with Gasteiger partial charge < -0.3 is 9.47 Å². The number of carbonyl (C=O) groups is 1. The zero-order valence-electron chi connectivity index (χ0n) is 10.5. The summed E-state index contributed by atoms with van der Waals surface area (Å²) >= 11 is 9.36. The maximum Gasteiger partial charge on any atom is 0.170 e. The van der Waals surface area contributed by atoms with E-state index in [4.69, 9.17) is 21.1 Å². The van der Waals surface area contributed by atoms with Gasteiger partial charge in [-0.15, -0.1) is 9.24 Å². The zero-order chi connectivity index (χ0) is 13.0. The van der Waals surface area contributed by atoms with Gasteiger partial charge in [-0.05, 0) is 28.2 Å². The van der Waals surface area contributed by atoms with Gasteiger partial charge in [0, 0.05) is 25.3 Å². The molecule has 1 radical (unpaired) electrons. The Kier molecular flexibility index (Phi) is 8.59. The SMILES string of the molecule is COc1c(Cl)cc(Br)c(OC)c1C(=O)CCP.[Li]. The summed E-state index contributed by atoms with van der Waals surface area (Å²) < 4.78 is 11.0. The van der Waals surface area contributed by atoms with Gasteiger partial charge in [-0.25, -0.2) is 0 Å². The fourth-order valence-electron chi connectivity index (χ4n) is 1.49. The number of rotatable bonds is 5. The van der Waals surface area contributed by atoms with Crippen molar-refractivity contribution in [1.82, 2.24) is 0 Å². The second-order valence-electron chi connectivity index (χ2n) is 3.24. The number of ketones is 1. The van der Waals surface area contributed by atoms with E-state index in [1.165, 1.54) is 14.2 Å². The van der Waals surface area contributed by atoms with Gasteiger partial charge in [-0.3, -0.25) is 4.79 Å². The fourth-order valence-corrected chi connectivity index (χ4v) is 2.76. The molecule has 1 rings (SSSR count). The Balaban J connectivity index is 0.00000289. The van der Waals surface area contributed by atoms with Crippen LogP contribution < -0.4 is 9.47 Å². The quantitative estimate of drug-likeness (QED) is 0.467.